The number of aryl methyl sites for hydroxylation is 1. The van der Waals surface area contributed by atoms with E-state index in [0.717, 1.165) is 33.6 Å². The highest BCUT2D eigenvalue weighted by Crippen LogP contribution is 2.44. The van der Waals surface area contributed by atoms with Gasteiger partial charge in [-0.15, -0.1) is 0 Å². The molecular weight excluding hydrogens is 504 g/mol. The van der Waals surface area contributed by atoms with E-state index in [0.29, 0.717) is 30.4 Å². The number of aliphatic imine (C=N–C) groups is 1. The molecule has 3 aromatic carbocycles. The maximum atomic E-state index is 12.9. The molecule has 0 aliphatic carbocycles. The van der Waals surface area contributed by atoms with Crippen LogP contribution in [-0.2, 0) is 21.2 Å². The highest BCUT2D eigenvalue weighted by Gasteiger charge is 2.32. The van der Waals surface area contributed by atoms with Crippen molar-refractivity contribution in [1.29, 1.82) is 0 Å². The molecule has 0 fully saturated rings. The topological polar surface area (TPSA) is 95.5 Å². The Morgan fingerprint density at radius 1 is 0.947 bits per heavy atom. The summed E-state index contributed by atoms with van der Waals surface area (Å²) in [5.41, 5.74) is 3.76. The van der Waals surface area contributed by atoms with Crippen LogP contribution in [0.5, 0.6) is 17.2 Å². The van der Waals surface area contributed by atoms with E-state index in [4.69, 9.17) is 23.9 Å². The molecule has 0 atom stereocenters. The zero-order chi connectivity index (χ0) is 27.5. The van der Waals surface area contributed by atoms with Gasteiger partial charge < -0.3 is 18.9 Å². The second-order valence-electron chi connectivity index (χ2n) is 9.73. The van der Waals surface area contributed by atoms with Crippen LogP contribution in [0.25, 0.3) is 11.1 Å². The monoisotopic (exact) mass is 538 g/mol. The lowest BCUT2D eigenvalue weighted by molar-refractivity contribution is 0.279. The van der Waals surface area contributed by atoms with Crippen LogP contribution in [0.15, 0.2) is 64.5 Å². The molecule has 0 amide bonds. The highest BCUT2D eigenvalue weighted by atomic mass is 32.2. The van der Waals surface area contributed by atoms with Crippen molar-refractivity contribution in [2.75, 3.05) is 34.5 Å². The van der Waals surface area contributed by atoms with Crippen molar-refractivity contribution in [3.63, 3.8) is 0 Å². The Labute approximate surface area is 224 Å². The Morgan fingerprint density at radius 3 is 2.18 bits per heavy atom. The molecular formula is C29H34N2O6S. The molecule has 1 heterocycles. The average Bonchev–Trinajstić information content (AvgIpc) is 3.27. The molecule has 38 heavy (non-hydrogen) atoms. The van der Waals surface area contributed by atoms with Crippen LogP contribution >= 0.6 is 0 Å². The molecule has 0 spiro atoms. The molecule has 3 aromatic rings. The number of rotatable bonds is 10. The first-order valence-corrected chi connectivity index (χ1v) is 13.8. The van der Waals surface area contributed by atoms with Crippen molar-refractivity contribution in [3.8, 4) is 28.4 Å². The summed E-state index contributed by atoms with van der Waals surface area (Å²) in [5.74, 6) is 2.26. The van der Waals surface area contributed by atoms with Crippen LogP contribution in [0, 0.1) is 6.92 Å². The molecule has 8 nitrogen and oxygen atoms in total. The van der Waals surface area contributed by atoms with Gasteiger partial charge in [0.1, 0.15) is 12.4 Å². The smallest absolute Gasteiger partial charge is 0.240 e. The number of nitrogens with one attached hydrogen (secondary N) is 1. The largest absolute Gasteiger partial charge is 0.497 e. The van der Waals surface area contributed by atoms with E-state index in [9.17, 15) is 8.42 Å². The fourth-order valence-electron chi connectivity index (χ4n) is 4.36. The maximum absolute atomic E-state index is 12.9. The molecule has 0 saturated heterocycles. The third-order valence-electron chi connectivity index (χ3n) is 6.33. The summed E-state index contributed by atoms with van der Waals surface area (Å²) in [6.07, 6.45) is 0.368. The Bertz CT molecular complexity index is 1430. The number of sulfonamides is 1. The number of nitrogens with zero attached hydrogens (tertiary/aromatic N) is 1. The van der Waals surface area contributed by atoms with Crippen molar-refractivity contribution in [3.05, 3.63) is 71.3 Å². The Balaban J connectivity index is 1.80. The number of ether oxygens (including phenoxy) is 4. The van der Waals surface area contributed by atoms with Gasteiger partial charge >= 0.3 is 0 Å². The summed E-state index contributed by atoms with van der Waals surface area (Å²) in [6, 6.07) is 16.2. The molecule has 9 heteroatoms. The minimum atomic E-state index is -3.68. The fraction of sp³-hybridized carbons (Fsp3) is 0.345. The van der Waals surface area contributed by atoms with E-state index in [2.05, 4.69) is 4.72 Å². The van der Waals surface area contributed by atoms with E-state index in [1.54, 1.807) is 45.6 Å². The van der Waals surface area contributed by atoms with Crippen molar-refractivity contribution < 1.29 is 27.4 Å². The molecule has 4 rings (SSSR count). The molecule has 202 valence electrons. The van der Waals surface area contributed by atoms with Crippen molar-refractivity contribution in [2.45, 2.75) is 37.6 Å². The van der Waals surface area contributed by atoms with Gasteiger partial charge in [-0.1, -0.05) is 29.8 Å². The number of benzene rings is 3. The van der Waals surface area contributed by atoms with Crippen molar-refractivity contribution in [2.24, 2.45) is 4.99 Å². The van der Waals surface area contributed by atoms with Gasteiger partial charge in [0.05, 0.1) is 37.3 Å². The first-order chi connectivity index (χ1) is 18.1. The number of hydrogen-bond acceptors (Lipinski definition) is 7. The Kier molecular flexibility index (Phi) is 7.99. The van der Waals surface area contributed by atoms with Crippen LogP contribution < -0.4 is 18.9 Å². The molecule has 1 aliphatic rings. The van der Waals surface area contributed by atoms with Gasteiger partial charge in [0.2, 0.25) is 15.9 Å². The first kappa shape index (κ1) is 27.5. The van der Waals surface area contributed by atoms with Gasteiger partial charge in [0.15, 0.2) is 11.5 Å². The minimum Gasteiger partial charge on any atom is -0.497 e. The highest BCUT2D eigenvalue weighted by molar-refractivity contribution is 7.89. The normalized spacial score (nSPS) is 14.5. The molecule has 0 aromatic heterocycles. The van der Waals surface area contributed by atoms with Crippen molar-refractivity contribution in [1.82, 2.24) is 4.72 Å². The number of hydrogen-bond donors (Lipinski definition) is 1. The van der Waals surface area contributed by atoms with Gasteiger partial charge in [-0.25, -0.2) is 18.1 Å². The van der Waals surface area contributed by atoms with Gasteiger partial charge in [-0.3, -0.25) is 0 Å². The summed E-state index contributed by atoms with van der Waals surface area (Å²) in [7, 11) is 1.10. The second kappa shape index (κ2) is 11.0. The fourth-order valence-corrected chi connectivity index (χ4v) is 5.39. The minimum absolute atomic E-state index is 0.164. The second-order valence-corrected chi connectivity index (χ2v) is 11.5. The molecule has 0 saturated carbocycles. The van der Waals surface area contributed by atoms with Crippen LogP contribution in [0.2, 0.25) is 0 Å². The standard InChI is InChI=1S/C29H34N2O6S/c1-19-7-13-23(14-8-19)38(32,33)30-16-15-21-17-24(35-5)27(36-6)25(20-9-11-22(34-4)12-10-20)26(21)28-31-29(2,3)18-37-28/h7-14,17,30H,15-16,18H2,1-6H3. The van der Waals surface area contributed by atoms with Gasteiger partial charge in [0.25, 0.3) is 0 Å². The molecule has 1 aliphatic heterocycles. The predicted molar refractivity (Wildman–Crippen MR) is 148 cm³/mol. The molecule has 0 bridgehead atoms. The summed E-state index contributed by atoms with van der Waals surface area (Å²) in [5, 5.41) is 0. The molecule has 1 N–H and O–H groups in total. The van der Waals surface area contributed by atoms with Crippen LogP contribution in [0.1, 0.15) is 30.5 Å². The lowest BCUT2D eigenvalue weighted by atomic mass is 9.91. The van der Waals surface area contributed by atoms with Gasteiger partial charge in [0, 0.05) is 12.1 Å². The third-order valence-corrected chi connectivity index (χ3v) is 7.80. The van der Waals surface area contributed by atoms with Crippen LogP contribution in [0.4, 0.5) is 0 Å². The summed E-state index contributed by atoms with van der Waals surface area (Å²) in [4.78, 5) is 5.07. The van der Waals surface area contributed by atoms with Gasteiger partial charge in [-0.05, 0) is 68.7 Å². The lowest BCUT2D eigenvalue weighted by Crippen LogP contribution is -2.26. The van der Waals surface area contributed by atoms with Crippen LogP contribution in [0.3, 0.4) is 0 Å². The summed E-state index contributed by atoms with van der Waals surface area (Å²) < 4.78 is 51.5. The van der Waals surface area contributed by atoms with E-state index in [-0.39, 0.29) is 11.4 Å². The van der Waals surface area contributed by atoms with Crippen molar-refractivity contribution >= 4 is 15.9 Å². The van der Waals surface area contributed by atoms with E-state index in [1.165, 1.54) is 0 Å². The van der Waals surface area contributed by atoms with Gasteiger partial charge in [-0.2, -0.15) is 0 Å². The zero-order valence-electron chi connectivity index (χ0n) is 22.6. The average molecular weight is 539 g/mol. The Morgan fingerprint density at radius 2 is 1.63 bits per heavy atom. The Hall–Kier alpha value is -3.56. The maximum Gasteiger partial charge on any atom is 0.240 e. The summed E-state index contributed by atoms with van der Waals surface area (Å²) in [6.45, 7) is 6.51. The predicted octanol–water partition coefficient (Wildman–Crippen LogP) is 4.76. The van der Waals surface area contributed by atoms with Crippen LogP contribution in [-0.4, -0.2) is 54.3 Å². The summed E-state index contributed by atoms with van der Waals surface area (Å²) >= 11 is 0. The molecule has 0 unspecified atom stereocenters. The van der Waals surface area contributed by atoms with E-state index >= 15 is 0 Å². The van der Waals surface area contributed by atoms with E-state index in [1.807, 2.05) is 51.1 Å². The van der Waals surface area contributed by atoms with E-state index < -0.39 is 15.6 Å². The number of methoxy groups -OCH3 is 3. The zero-order valence-corrected chi connectivity index (χ0v) is 23.4. The quantitative estimate of drug-likeness (QED) is 0.400. The lowest BCUT2D eigenvalue weighted by Gasteiger charge is -2.21. The first-order valence-electron chi connectivity index (χ1n) is 12.3. The third kappa shape index (κ3) is 5.79. The SMILES string of the molecule is COc1ccc(-c2c(OC)c(OC)cc(CCNS(=O)(=O)c3ccc(C)cc3)c2C2=NC(C)(C)CO2)cc1. The molecule has 0 radical (unpaired) electrons.